The van der Waals surface area contributed by atoms with Crippen LogP contribution >= 0.6 is 0 Å². The van der Waals surface area contributed by atoms with E-state index >= 15 is 0 Å². The van der Waals surface area contributed by atoms with Gasteiger partial charge in [0.15, 0.2) is 0 Å². The standard InChI is InChI=1S/C10H17N3O2/c1-3-12(9-4-5-9)6-7-13-10(14)15-8(2)11-13/h9H,3-7H2,1-2H3. The molecule has 1 fully saturated rings. The molecule has 0 saturated heterocycles. The summed E-state index contributed by atoms with van der Waals surface area (Å²) in [4.78, 5) is 13.6. The molecular weight excluding hydrogens is 194 g/mol. The third kappa shape index (κ3) is 2.47. The molecule has 5 heteroatoms. The van der Waals surface area contributed by atoms with Gasteiger partial charge in [-0.25, -0.2) is 4.79 Å². The highest BCUT2D eigenvalue weighted by atomic mass is 16.4. The van der Waals surface area contributed by atoms with E-state index in [1.165, 1.54) is 17.5 Å². The van der Waals surface area contributed by atoms with Gasteiger partial charge >= 0.3 is 5.76 Å². The molecule has 84 valence electrons. The van der Waals surface area contributed by atoms with Gasteiger partial charge in [0.05, 0.1) is 6.54 Å². The number of hydrogen-bond donors (Lipinski definition) is 0. The predicted octanol–water partition coefficient (Wildman–Crippen LogP) is 0.629. The summed E-state index contributed by atoms with van der Waals surface area (Å²) < 4.78 is 6.24. The summed E-state index contributed by atoms with van der Waals surface area (Å²) in [5.74, 6) is 0.0915. The molecule has 2 rings (SSSR count). The molecule has 0 aromatic carbocycles. The lowest BCUT2D eigenvalue weighted by Gasteiger charge is -2.18. The Kier molecular flexibility index (Phi) is 2.90. The van der Waals surface area contributed by atoms with Crippen molar-refractivity contribution < 1.29 is 4.42 Å². The first kappa shape index (κ1) is 10.4. The normalized spacial score (nSPS) is 16.2. The van der Waals surface area contributed by atoms with Crippen LogP contribution in [0.5, 0.6) is 0 Å². The van der Waals surface area contributed by atoms with E-state index in [1.807, 2.05) is 0 Å². The molecule has 1 heterocycles. The van der Waals surface area contributed by atoms with Gasteiger partial charge in [0.25, 0.3) is 0 Å². The van der Waals surface area contributed by atoms with Crippen LogP contribution in [0.3, 0.4) is 0 Å². The van der Waals surface area contributed by atoms with Crippen LogP contribution in [-0.4, -0.2) is 33.8 Å². The van der Waals surface area contributed by atoms with Crippen LogP contribution < -0.4 is 5.76 Å². The van der Waals surface area contributed by atoms with Crippen molar-refractivity contribution >= 4 is 0 Å². The second-order valence-electron chi connectivity index (χ2n) is 3.97. The molecule has 5 nitrogen and oxygen atoms in total. The molecule has 0 atom stereocenters. The zero-order valence-corrected chi connectivity index (χ0v) is 9.27. The van der Waals surface area contributed by atoms with Gasteiger partial charge in [-0.1, -0.05) is 6.92 Å². The number of nitrogens with zero attached hydrogens (tertiary/aromatic N) is 3. The van der Waals surface area contributed by atoms with Gasteiger partial charge in [0, 0.05) is 19.5 Å². The summed E-state index contributed by atoms with van der Waals surface area (Å²) in [6.45, 7) is 6.38. The van der Waals surface area contributed by atoms with Crippen molar-refractivity contribution in [2.75, 3.05) is 13.1 Å². The summed E-state index contributed by atoms with van der Waals surface area (Å²) in [7, 11) is 0. The Balaban J connectivity index is 1.91. The second-order valence-corrected chi connectivity index (χ2v) is 3.97. The molecule has 0 N–H and O–H groups in total. The number of likely N-dealkylation sites (N-methyl/N-ethyl adjacent to an activating group) is 1. The van der Waals surface area contributed by atoms with E-state index in [1.54, 1.807) is 6.92 Å². The maximum Gasteiger partial charge on any atom is 0.437 e. The first-order chi connectivity index (χ1) is 7.20. The maximum atomic E-state index is 11.2. The molecule has 0 aliphatic heterocycles. The molecule has 0 bridgehead atoms. The van der Waals surface area contributed by atoms with Crippen LogP contribution in [0.4, 0.5) is 0 Å². The van der Waals surface area contributed by atoms with E-state index in [0.29, 0.717) is 12.4 Å². The monoisotopic (exact) mass is 211 g/mol. The van der Waals surface area contributed by atoms with E-state index in [-0.39, 0.29) is 5.76 Å². The first-order valence-electron chi connectivity index (χ1n) is 5.49. The highest BCUT2D eigenvalue weighted by Gasteiger charge is 2.27. The Hall–Kier alpha value is -1.10. The Labute approximate surface area is 88.7 Å². The summed E-state index contributed by atoms with van der Waals surface area (Å²) in [5.41, 5.74) is 0. The van der Waals surface area contributed by atoms with Crippen molar-refractivity contribution in [2.45, 2.75) is 39.3 Å². The molecule has 1 aromatic rings. The summed E-state index contributed by atoms with van der Waals surface area (Å²) in [6, 6.07) is 0.735. The van der Waals surface area contributed by atoms with Crippen LogP contribution in [0, 0.1) is 6.92 Å². The van der Waals surface area contributed by atoms with Crippen molar-refractivity contribution in [1.29, 1.82) is 0 Å². The summed E-state index contributed by atoms with van der Waals surface area (Å²) in [5, 5.41) is 4.01. The van der Waals surface area contributed by atoms with Gasteiger partial charge in [-0.2, -0.15) is 4.68 Å². The summed E-state index contributed by atoms with van der Waals surface area (Å²) in [6.07, 6.45) is 2.58. The third-order valence-electron chi connectivity index (χ3n) is 2.78. The molecule has 1 aliphatic carbocycles. The fourth-order valence-electron chi connectivity index (χ4n) is 1.81. The zero-order chi connectivity index (χ0) is 10.8. The number of rotatable bonds is 5. The summed E-state index contributed by atoms with van der Waals surface area (Å²) >= 11 is 0. The van der Waals surface area contributed by atoms with Crippen molar-refractivity contribution in [2.24, 2.45) is 0 Å². The number of hydrogen-bond acceptors (Lipinski definition) is 4. The topological polar surface area (TPSA) is 51.3 Å². The lowest BCUT2D eigenvalue weighted by Crippen LogP contribution is -2.31. The van der Waals surface area contributed by atoms with Crippen LogP contribution in [0.15, 0.2) is 9.21 Å². The molecule has 1 saturated carbocycles. The van der Waals surface area contributed by atoms with Gasteiger partial charge in [0.1, 0.15) is 0 Å². The molecule has 0 unspecified atom stereocenters. The Morgan fingerprint density at radius 2 is 2.33 bits per heavy atom. The number of aryl methyl sites for hydroxylation is 1. The third-order valence-corrected chi connectivity index (χ3v) is 2.78. The van der Waals surface area contributed by atoms with E-state index in [4.69, 9.17) is 4.42 Å². The van der Waals surface area contributed by atoms with Crippen molar-refractivity contribution in [3.05, 3.63) is 16.4 Å². The van der Waals surface area contributed by atoms with Gasteiger partial charge in [-0.05, 0) is 19.4 Å². The molecule has 1 aliphatic rings. The van der Waals surface area contributed by atoms with Crippen LogP contribution in [0.2, 0.25) is 0 Å². The van der Waals surface area contributed by atoms with Gasteiger partial charge in [0.2, 0.25) is 5.89 Å². The predicted molar refractivity (Wildman–Crippen MR) is 55.8 cm³/mol. The van der Waals surface area contributed by atoms with Gasteiger partial charge in [-0.3, -0.25) is 4.90 Å². The quantitative estimate of drug-likeness (QED) is 0.716. The van der Waals surface area contributed by atoms with Gasteiger partial charge < -0.3 is 4.42 Å². The maximum absolute atomic E-state index is 11.2. The fraction of sp³-hybridized carbons (Fsp3) is 0.800. The van der Waals surface area contributed by atoms with E-state index in [2.05, 4.69) is 16.9 Å². The highest BCUT2D eigenvalue weighted by Crippen LogP contribution is 2.25. The average Bonchev–Trinajstić information content (AvgIpc) is 2.96. The lowest BCUT2D eigenvalue weighted by atomic mass is 10.4. The zero-order valence-electron chi connectivity index (χ0n) is 9.27. The molecule has 1 aromatic heterocycles. The van der Waals surface area contributed by atoms with Crippen LogP contribution in [0.25, 0.3) is 0 Å². The van der Waals surface area contributed by atoms with Crippen molar-refractivity contribution in [3.63, 3.8) is 0 Å². The highest BCUT2D eigenvalue weighted by molar-refractivity contribution is 4.83. The Bertz CT molecular complexity index is 378. The van der Waals surface area contributed by atoms with Crippen LogP contribution in [0.1, 0.15) is 25.7 Å². The molecule has 0 amide bonds. The van der Waals surface area contributed by atoms with Crippen molar-refractivity contribution in [1.82, 2.24) is 14.7 Å². The Morgan fingerprint density at radius 1 is 1.60 bits per heavy atom. The lowest BCUT2D eigenvalue weighted by molar-refractivity contribution is 0.258. The minimum Gasteiger partial charge on any atom is -0.393 e. The van der Waals surface area contributed by atoms with Crippen LogP contribution in [-0.2, 0) is 6.54 Å². The number of aromatic nitrogens is 2. The largest absolute Gasteiger partial charge is 0.437 e. The fourth-order valence-corrected chi connectivity index (χ4v) is 1.81. The van der Waals surface area contributed by atoms with Crippen molar-refractivity contribution in [3.8, 4) is 0 Å². The molecule has 0 radical (unpaired) electrons. The van der Waals surface area contributed by atoms with Gasteiger partial charge in [-0.15, -0.1) is 5.10 Å². The second kappa shape index (κ2) is 4.18. The average molecular weight is 211 g/mol. The smallest absolute Gasteiger partial charge is 0.393 e. The van der Waals surface area contributed by atoms with E-state index in [9.17, 15) is 4.79 Å². The molecule has 0 spiro atoms. The van der Waals surface area contributed by atoms with E-state index in [0.717, 1.165) is 19.1 Å². The minimum atomic E-state index is -0.348. The Morgan fingerprint density at radius 3 is 2.80 bits per heavy atom. The molecule has 15 heavy (non-hydrogen) atoms. The van der Waals surface area contributed by atoms with E-state index < -0.39 is 0 Å². The molecular formula is C10H17N3O2. The minimum absolute atomic E-state index is 0.348. The SMILES string of the molecule is CCN(CCn1nc(C)oc1=O)C1CC1. The first-order valence-corrected chi connectivity index (χ1v) is 5.49.